The molecule has 0 bridgehead atoms. The van der Waals surface area contributed by atoms with Crippen molar-refractivity contribution in [3.05, 3.63) is 12.7 Å². The third-order valence-corrected chi connectivity index (χ3v) is 1.02. The van der Waals surface area contributed by atoms with Crippen molar-refractivity contribution in [3.8, 4) is 0 Å². The Morgan fingerprint density at radius 1 is 1.86 bits per heavy atom. The normalized spacial score (nSPS) is 13.4. The zero-order valence-electron chi connectivity index (χ0n) is 4.30. The minimum atomic E-state index is 0.137. The van der Waals surface area contributed by atoms with Crippen LogP contribution in [0.4, 0.5) is 0 Å². The SMILES string of the molecule is C=CC(N)CCS. The molecule has 0 aromatic rings. The Kier molecular flexibility index (Phi) is 4.25. The molecule has 0 amide bonds. The minimum absolute atomic E-state index is 0.137. The summed E-state index contributed by atoms with van der Waals surface area (Å²) in [4.78, 5) is 0. The van der Waals surface area contributed by atoms with E-state index in [-0.39, 0.29) is 6.04 Å². The lowest BCUT2D eigenvalue weighted by Crippen LogP contribution is -2.16. The lowest BCUT2D eigenvalue weighted by molar-refractivity contribution is 0.794. The first kappa shape index (κ1) is 7.05. The van der Waals surface area contributed by atoms with Crippen LogP contribution in [0.1, 0.15) is 6.42 Å². The van der Waals surface area contributed by atoms with Crippen LogP contribution < -0.4 is 5.73 Å². The highest BCUT2D eigenvalue weighted by atomic mass is 32.1. The number of nitrogens with two attached hydrogens (primary N) is 1. The standard InChI is InChI=1S/C5H11NS/c1-2-5(6)3-4-7/h2,5,7H,1,3-4,6H2. The van der Waals surface area contributed by atoms with Gasteiger partial charge in [0.25, 0.3) is 0 Å². The van der Waals surface area contributed by atoms with Crippen molar-refractivity contribution in [1.82, 2.24) is 0 Å². The number of hydrogen-bond acceptors (Lipinski definition) is 2. The highest BCUT2D eigenvalue weighted by Crippen LogP contribution is 1.89. The second-order valence-electron chi connectivity index (χ2n) is 1.41. The van der Waals surface area contributed by atoms with Gasteiger partial charge in [-0.15, -0.1) is 6.58 Å². The van der Waals surface area contributed by atoms with Crippen LogP contribution in [0.15, 0.2) is 12.7 Å². The summed E-state index contributed by atoms with van der Waals surface area (Å²) in [6, 6.07) is 0.137. The molecule has 0 saturated heterocycles. The van der Waals surface area contributed by atoms with Gasteiger partial charge in [0.15, 0.2) is 0 Å². The predicted molar refractivity (Wildman–Crippen MR) is 36.6 cm³/mol. The molecule has 0 aromatic heterocycles. The molecule has 1 unspecified atom stereocenters. The van der Waals surface area contributed by atoms with Crippen LogP contribution in [0.2, 0.25) is 0 Å². The van der Waals surface area contributed by atoms with E-state index in [1.165, 1.54) is 0 Å². The smallest absolute Gasteiger partial charge is 0.0228 e. The van der Waals surface area contributed by atoms with Crippen molar-refractivity contribution in [2.75, 3.05) is 5.75 Å². The van der Waals surface area contributed by atoms with Crippen LogP contribution in [0.5, 0.6) is 0 Å². The van der Waals surface area contributed by atoms with Crippen molar-refractivity contribution in [2.24, 2.45) is 5.73 Å². The molecule has 0 radical (unpaired) electrons. The van der Waals surface area contributed by atoms with E-state index in [0.717, 1.165) is 12.2 Å². The molecule has 1 nitrogen and oxygen atoms in total. The van der Waals surface area contributed by atoms with Gasteiger partial charge >= 0.3 is 0 Å². The van der Waals surface area contributed by atoms with E-state index in [0.29, 0.717) is 0 Å². The summed E-state index contributed by atoms with van der Waals surface area (Å²) >= 11 is 3.99. The molecule has 42 valence electrons. The molecule has 0 spiro atoms. The van der Waals surface area contributed by atoms with Crippen LogP contribution in [0, 0.1) is 0 Å². The fraction of sp³-hybridized carbons (Fsp3) is 0.600. The molecule has 0 aromatic carbocycles. The highest BCUT2D eigenvalue weighted by Gasteiger charge is 1.89. The van der Waals surface area contributed by atoms with Crippen LogP contribution in [-0.4, -0.2) is 11.8 Å². The van der Waals surface area contributed by atoms with Gasteiger partial charge in [-0.05, 0) is 12.2 Å². The molecule has 0 aliphatic rings. The Labute approximate surface area is 50.0 Å². The van der Waals surface area contributed by atoms with Gasteiger partial charge in [0.2, 0.25) is 0 Å². The van der Waals surface area contributed by atoms with Crippen molar-refractivity contribution < 1.29 is 0 Å². The van der Waals surface area contributed by atoms with Crippen LogP contribution >= 0.6 is 12.6 Å². The second kappa shape index (κ2) is 4.22. The Bertz CT molecular complexity index is 54.0. The van der Waals surface area contributed by atoms with E-state index in [9.17, 15) is 0 Å². The number of rotatable bonds is 3. The number of hydrogen-bond donors (Lipinski definition) is 2. The van der Waals surface area contributed by atoms with Crippen molar-refractivity contribution in [2.45, 2.75) is 12.5 Å². The van der Waals surface area contributed by atoms with Gasteiger partial charge < -0.3 is 5.73 Å². The number of thiol groups is 1. The van der Waals surface area contributed by atoms with E-state index in [4.69, 9.17) is 5.73 Å². The second-order valence-corrected chi connectivity index (χ2v) is 1.86. The maximum Gasteiger partial charge on any atom is 0.0228 e. The third kappa shape index (κ3) is 3.89. The van der Waals surface area contributed by atoms with Gasteiger partial charge in [0, 0.05) is 6.04 Å². The molecular weight excluding hydrogens is 106 g/mol. The largest absolute Gasteiger partial charge is 0.324 e. The maximum absolute atomic E-state index is 5.42. The molecule has 1 atom stereocenters. The first-order valence-corrected chi connectivity index (χ1v) is 2.93. The lowest BCUT2D eigenvalue weighted by atomic mass is 10.2. The summed E-state index contributed by atoms with van der Waals surface area (Å²) in [7, 11) is 0. The van der Waals surface area contributed by atoms with Crippen LogP contribution in [-0.2, 0) is 0 Å². The molecule has 0 aliphatic carbocycles. The van der Waals surface area contributed by atoms with Gasteiger partial charge in [0.1, 0.15) is 0 Å². The van der Waals surface area contributed by atoms with Gasteiger partial charge in [-0.1, -0.05) is 6.08 Å². The summed E-state index contributed by atoms with van der Waals surface area (Å²) < 4.78 is 0. The monoisotopic (exact) mass is 117 g/mol. The molecule has 0 rings (SSSR count). The fourth-order valence-electron chi connectivity index (χ4n) is 0.267. The Morgan fingerprint density at radius 3 is 2.57 bits per heavy atom. The molecule has 2 N–H and O–H groups in total. The molecule has 0 heterocycles. The van der Waals surface area contributed by atoms with Gasteiger partial charge in [-0.2, -0.15) is 12.6 Å². The Balaban J connectivity index is 2.98. The average Bonchev–Trinajstić information content (AvgIpc) is 1.68. The Hall–Kier alpha value is 0.0500. The summed E-state index contributed by atoms with van der Waals surface area (Å²) in [5, 5.41) is 0. The quantitative estimate of drug-likeness (QED) is 0.415. The summed E-state index contributed by atoms with van der Waals surface area (Å²) in [5.41, 5.74) is 5.42. The van der Waals surface area contributed by atoms with Crippen LogP contribution in [0.3, 0.4) is 0 Å². The zero-order valence-corrected chi connectivity index (χ0v) is 5.20. The van der Waals surface area contributed by atoms with E-state index in [1.54, 1.807) is 6.08 Å². The first-order valence-electron chi connectivity index (χ1n) is 2.30. The van der Waals surface area contributed by atoms with Gasteiger partial charge in [0.05, 0.1) is 0 Å². The van der Waals surface area contributed by atoms with Gasteiger partial charge in [-0.3, -0.25) is 0 Å². The fourth-order valence-corrected chi connectivity index (χ4v) is 0.565. The van der Waals surface area contributed by atoms with Crippen molar-refractivity contribution >= 4 is 12.6 Å². The molecule has 0 aliphatic heterocycles. The molecule has 0 fully saturated rings. The molecule has 0 saturated carbocycles. The zero-order chi connectivity index (χ0) is 5.70. The maximum atomic E-state index is 5.42. The van der Waals surface area contributed by atoms with E-state index < -0.39 is 0 Å². The van der Waals surface area contributed by atoms with Gasteiger partial charge in [-0.25, -0.2) is 0 Å². The van der Waals surface area contributed by atoms with E-state index >= 15 is 0 Å². The van der Waals surface area contributed by atoms with Crippen molar-refractivity contribution in [1.29, 1.82) is 0 Å². The lowest BCUT2D eigenvalue weighted by Gasteiger charge is -1.98. The topological polar surface area (TPSA) is 26.0 Å². The molecule has 7 heavy (non-hydrogen) atoms. The van der Waals surface area contributed by atoms with Crippen LogP contribution in [0.25, 0.3) is 0 Å². The van der Waals surface area contributed by atoms with Crippen molar-refractivity contribution in [3.63, 3.8) is 0 Å². The summed E-state index contributed by atoms with van der Waals surface area (Å²) in [6.45, 7) is 3.52. The predicted octanol–water partition coefficient (Wildman–Crippen LogP) is 0.820. The van der Waals surface area contributed by atoms with E-state index in [1.807, 2.05) is 0 Å². The molecule has 2 heteroatoms. The average molecular weight is 117 g/mol. The van der Waals surface area contributed by atoms with E-state index in [2.05, 4.69) is 19.2 Å². The highest BCUT2D eigenvalue weighted by molar-refractivity contribution is 7.80. The third-order valence-electron chi connectivity index (χ3n) is 0.765. The summed E-state index contributed by atoms with van der Waals surface area (Å²) in [5.74, 6) is 0.840. The minimum Gasteiger partial charge on any atom is -0.324 e. The molecular formula is C5H11NS. The first-order chi connectivity index (χ1) is 3.31. The summed E-state index contributed by atoms with van der Waals surface area (Å²) in [6.07, 6.45) is 2.66. The Morgan fingerprint density at radius 2 is 2.43 bits per heavy atom.